The van der Waals surface area contributed by atoms with Crippen molar-refractivity contribution in [3.63, 3.8) is 0 Å². The summed E-state index contributed by atoms with van der Waals surface area (Å²) in [6, 6.07) is 9.57. The number of pyridine rings is 1. The van der Waals surface area contributed by atoms with Gasteiger partial charge >= 0.3 is 0 Å². The summed E-state index contributed by atoms with van der Waals surface area (Å²) < 4.78 is 41.1. The van der Waals surface area contributed by atoms with E-state index in [4.69, 9.17) is 0 Å². The summed E-state index contributed by atoms with van der Waals surface area (Å²) in [6.07, 6.45) is 3.03. The Morgan fingerprint density at radius 2 is 2.14 bits per heavy atom. The zero-order chi connectivity index (χ0) is 20.8. The van der Waals surface area contributed by atoms with E-state index in [0.717, 1.165) is 11.8 Å². The fraction of sp³-hybridized carbons (Fsp3) is 0.429. The highest BCUT2D eigenvalue weighted by molar-refractivity contribution is 7.89. The second kappa shape index (κ2) is 7.18. The first kappa shape index (κ1) is 20.0. The number of amides is 1. The SMILES string of the molecule is Cc1ccc(S(=O)(=O)N2CC[C@]3(C[C@H]3C(=O)N(C)Cc3ccccn3)C2)cc1F. The van der Waals surface area contributed by atoms with Crippen molar-refractivity contribution in [2.45, 2.75) is 31.2 Å². The number of hydrogen-bond acceptors (Lipinski definition) is 4. The number of hydrogen-bond donors (Lipinski definition) is 0. The molecule has 6 nitrogen and oxygen atoms in total. The molecule has 154 valence electrons. The van der Waals surface area contributed by atoms with Gasteiger partial charge in [0.2, 0.25) is 15.9 Å². The molecule has 29 heavy (non-hydrogen) atoms. The average Bonchev–Trinajstić information content (AvgIpc) is 3.22. The molecule has 0 bridgehead atoms. The van der Waals surface area contributed by atoms with Gasteiger partial charge in [-0.1, -0.05) is 12.1 Å². The van der Waals surface area contributed by atoms with E-state index in [-0.39, 0.29) is 22.1 Å². The molecule has 0 radical (unpaired) electrons. The van der Waals surface area contributed by atoms with Gasteiger partial charge in [0.15, 0.2) is 0 Å². The smallest absolute Gasteiger partial charge is 0.243 e. The van der Waals surface area contributed by atoms with E-state index in [0.29, 0.717) is 38.0 Å². The second-order valence-corrected chi connectivity index (χ2v) is 10.1. The van der Waals surface area contributed by atoms with E-state index < -0.39 is 15.8 Å². The fourth-order valence-corrected chi connectivity index (χ4v) is 5.72. The third-order valence-electron chi connectivity index (χ3n) is 6.12. The standard InChI is InChI=1S/C21H24FN3O3S/c1-15-6-7-17(11-19(15)22)29(27,28)25-10-8-21(14-25)12-18(21)20(26)24(2)13-16-5-3-4-9-23-16/h3-7,9,11,18H,8,10,12-14H2,1-2H3/t18-,21-/m0/s1. The lowest BCUT2D eigenvalue weighted by molar-refractivity contribution is -0.132. The van der Waals surface area contributed by atoms with Gasteiger partial charge < -0.3 is 4.90 Å². The van der Waals surface area contributed by atoms with Crippen molar-refractivity contribution in [1.29, 1.82) is 0 Å². The lowest BCUT2D eigenvalue weighted by atomic mass is 10.0. The first-order chi connectivity index (χ1) is 13.7. The lowest BCUT2D eigenvalue weighted by Gasteiger charge is -2.19. The zero-order valence-electron chi connectivity index (χ0n) is 16.5. The van der Waals surface area contributed by atoms with Gasteiger partial charge in [-0.3, -0.25) is 9.78 Å². The number of nitrogens with zero attached hydrogens (tertiary/aromatic N) is 3. The molecule has 1 saturated carbocycles. The second-order valence-electron chi connectivity index (χ2n) is 8.13. The van der Waals surface area contributed by atoms with E-state index in [1.807, 2.05) is 18.2 Å². The first-order valence-corrected chi connectivity index (χ1v) is 11.1. The van der Waals surface area contributed by atoms with Crippen molar-refractivity contribution in [1.82, 2.24) is 14.2 Å². The molecule has 0 N–H and O–H groups in total. The number of carbonyl (C=O) groups excluding carboxylic acids is 1. The summed E-state index contributed by atoms with van der Waals surface area (Å²) in [4.78, 5) is 18.7. The Balaban J connectivity index is 1.43. The van der Waals surface area contributed by atoms with Crippen LogP contribution >= 0.6 is 0 Å². The third-order valence-corrected chi connectivity index (χ3v) is 7.96. The van der Waals surface area contributed by atoms with Crippen LogP contribution in [-0.4, -0.2) is 48.7 Å². The van der Waals surface area contributed by atoms with Gasteiger partial charge in [-0.15, -0.1) is 0 Å². The predicted octanol–water partition coefficient (Wildman–Crippen LogP) is 2.59. The average molecular weight is 418 g/mol. The summed E-state index contributed by atoms with van der Waals surface area (Å²) in [6.45, 7) is 2.68. The van der Waals surface area contributed by atoms with Gasteiger partial charge in [0.1, 0.15) is 5.82 Å². The molecule has 2 atom stereocenters. The molecule has 1 saturated heterocycles. The van der Waals surface area contributed by atoms with Gasteiger partial charge in [0, 0.05) is 32.3 Å². The van der Waals surface area contributed by atoms with Gasteiger partial charge in [-0.25, -0.2) is 12.8 Å². The molecule has 1 aliphatic carbocycles. The monoisotopic (exact) mass is 417 g/mol. The Kier molecular flexibility index (Phi) is 4.94. The van der Waals surface area contributed by atoms with Crippen molar-refractivity contribution in [2.75, 3.05) is 20.1 Å². The highest BCUT2D eigenvalue weighted by atomic mass is 32.2. The van der Waals surface area contributed by atoms with Crippen LogP contribution in [0.15, 0.2) is 47.5 Å². The molecule has 1 aromatic carbocycles. The molecule has 1 aliphatic heterocycles. The van der Waals surface area contributed by atoms with Gasteiger partial charge in [-0.05, 0) is 55.0 Å². The number of aromatic nitrogens is 1. The quantitative estimate of drug-likeness (QED) is 0.750. The zero-order valence-corrected chi connectivity index (χ0v) is 17.3. The summed E-state index contributed by atoms with van der Waals surface area (Å²) in [5.41, 5.74) is 0.923. The lowest BCUT2D eigenvalue weighted by Crippen LogP contribution is -2.32. The minimum atomic E-state index is -3.77. The number of aryl methyl sites for hydroxylation is 1. The Morgan fingerprint density at radius 1 is 1.34 bits per heavy atom. The minimum absolute atomic E-state index is 0.0243. The van der Waals surface area contributed by atoms with Crippen LogP contribution in [0.25, 0.3) is 0 Å². The van der Waals surface area contributed by atoms with Crippen molar-refractivity contribution >= 4 is 15.9 Å². The Labute approximate surface area is 170 Å². The number of halogens is 1. The van der Waals surface area contributed by atoms with Gasteiger partial charge in [0.25, 0.3) is 0 Å². The van der Waals surface area contributed by atoms with Crippen LogP contribution in [0, 0.1) is 24.1 Å². The molecule has 2 aromatic rings. The molecular formula is C21H24FN3O3S. The molecular weight excluding hydrogens is 393 g/mol. The maximum atomic E-state index is 13.9. The summed E-state index contributed by atoms with van der Waals surface area (Å²) >= 11 is 0. The van der Waals surface area contributed by atoms with Gasteiger partial charge in [0.05, 0.1) is 17.1 Å². The molecule has 2 aliphatic rings. The van der Waals surface area contributed by atoms with E-state index in [1.54, 1.807) is 25.1 Å². The van der Waals surface area contributed by atoms with Crippen LogP contribution in [0.4, 0.5) is 4.39 Å². The van der Waals surface area contributed by atoms with E-state index in [2.05, 4.69) is 4.98 Å². The first-order valence-electron chi connectivity index (χ1n) is 9.64. The number of sulfonamides is 1. The largest absolute Gasteiger partial charge is 0.340 e. The maximum absolute atomic E-state index is 13.9. The van der Waals surface area contributed by atoms with Gasteiger partial charge in [-0.2, -0.15) is 4.31 Å². The highest BCUT2D eigenvalue weighted by Gasteiger charge is 2.62. The highest BCUT2D eigenvalue weighted by Crippen LogP contribution is 2.59. The van der Waals surface area contributed by atoms with Crippen LogP contribution in [0.2, 0.25) is 0 Å². The number of benzene rings is 1. The van der Waals surface area contributed by atoms with Crippen LogP contribution in [0.3, 0.4) is 0 Å². The van der Waals surface area contributed by atoms with E-state index in [9.17, 15) is 17.6 Å². The summed E-state index contributed by atoms with van der Waals surface area (Å²) in [5.74, 6) is -0.682. The van der Waals surface area contributed by atoms with Crippen LogP contribution in [-0.2, 0) is 21.4 Å². The molecule has 2 heterocycles. The van der Waals surface area contributed by atoms with Crippen molar-refractivity contribution in [3.8, 4) is 0 Å². The normalized spacial score (nSPS) is 24.0. The fourth-order valence-electron chi connectivity index (χ4n) is 4.17. The molecule has 8 heteroatoms. The maximum Gasteiger partial charge on any atom is 0.243 e. The molecule has 1 aromatic heterocycles. The third kappa shape index (κ3) is 3.67. The van der Waals surface area contributed by atoms with Crippen LogP contribution in [0.1, 0.15) is 24.1 Å². The Morgan fingerprint density at radius 3 is 2.83 bits per heavy atom. The number of rotatable bonds is 5. The molecule has 1 amide bonds. The number of carbonyl (C=O) groups is 1. The summed E-state index contributed by atoms with van der Waals surface area (Å²) in [5, 5.41) is 0. The molecule has 4 rings (SSSR count). The Hall–Kier alpha value is -2.32. The van der Waals surface area contributed by atoms with Crippen molar-refractivity contribution in [3.05, 3.63) is 59.7 Å². The molecule has 2 fully saturated rings. The van der Waals surface area contributed by atoms with Crippen molar-refractivity contribution < 1.29 is 17.6 Å². The van der Waals surface area contributed by atoms with Crippen LogP contribution in [0.5, 0.6) is 0 Å². The van der Waals surface area contributed by atoms with Crippen LogP contribution < -0.4 is 0 Å². The predicted molar refractivity (Wildman–Crippen MR) is 106 cm³/mol. The summed E-state index contributed by atoms with van der Waals surface area (Å²) in [7, 11) is -2.02. The minimum Gasteiger partial charge on any atom is -0.340 e. The topological polar surface area (TPSA) is 70.6 Å². The van der Waals surface area contributed by atoms with E-state index in [1.165, 1.54) is 16.4 Å². The van der Waals surface area contributed by atoms with Crippen molar-refractivity contribution in [2.24, 2.45) is 11.3 Å². The molecule has 1 spiro atoms. The Bertz CT molecular complexity index is 1040. The molecule has 0 unspecified atom stereocenters. The van der Waals surface area contributed by atoms with E-state index >= 15 is 0 Å².